The Morgan fingerprint density at radius 1 is 1.03 bits per heavy atom. The highest BCUT2D eigenvalue weighted by Gasteiger charge is 2.22. The van der Waals surface area contributed by atoms with Crippen molar-refractivity contribution in [3.05, 3.63) is 59.1 Å². The van der Waals surface area contributed by atoms with E-state index in [-0.39, 0.29) is 16.8 Å². The summed E-state index contributed by atoms with van der Waals surface area (Å²) >= 11 is 5.83. The lowest BCUT2D eigenvalue weighted by molar-refractivity contribution is -0.121. The van der Waals surface area contributed by atoms with Crippen LogP contribution in [0.4, 0.5) is 0 Å². The summed E-state index contributed by atoms with van der Waals surface area (Å²) in [5.74, 6) is 0.702. The van der Waals surface area contributed by atoms with Crippen molar-refractivity contribution in [3.8, 4) is 5.75 Å². The normalized spacial score (nSPS) is 14.5. The number of hydrogen-bond donors (Lipinski definition) is 2. The van der Waals surface area contributed by atoms with Crippen LogP contribution in [0.2, 0.25) is 5.02 Å². The Kier molecular flexibility index (Phi) is 8.75. The molecule has 0 aliphatic heterocycles. The molecule has 2 aromatic carbocycles. The molecule has 3 rings (SSSR count). The van der Waals surface area contributed by atoms with Crippen LogP contribution in [0.5, 0.6) is 5.75 Å². The van der Waals surface area contributed by atoms with E-state index in [1.165, 1.54) is 0 Å². The fourth-order valence-corrected chi connectivity index (χ4v) is 4.99. The van der Waals surface area contributed by atoms with Gasteiger partial charge in [0.2, 0.25) is 15.9 Å². The Bertz CT molecular complexity index is 941. The topological polar surface area (TPSA) is 84.5 Å². The predicted octanol–water partition coefficient (Wildman–Crippen LogP) is 4.08. The van der Waals surface area contributed by atoms with Gasteiger partial charge in [-0.25, -0.2) is 13.1 Å². The molecule has 8 heteroatoms. The van der Waals surface area contributed by atoms with Gasteiger partial charge in [0.25, 0.3) is 0 Å². The number of sulfonamides is 1. The molecule has 31 heavy (non-hydrogen) atoms. The van der Waals surface area contributed by atoms with Crippen LogP contribution < -0.4 is 14.8 Å². The summed E-state index contributed by atoms with van der Waals surface area (Å²) in [5.41, 5.74) is 0.978. The lowest BCUT2D eigenvalue weighted by Gasteiger charge is -2.13. The van der Waals surface area contributed by atoms with E-state index in [0.717, 1.165) is 37.0 Å². The quantitative estimate of drug-likeness (QED) is 0.491. The van der Waals surface area contributed by atoms with Crippen molar-refractivity contribution in [1.82, 2.24) is 10.0 Å². The summed E-state index contributed by atoms with van der Waals surface area (Å²) in [6.45, 7) is 0.961. The highest BCUT2D eigenvalue weighted by Crippen LogP contribution is 2.20. The van der Waals surface area contributed by atoms with Crippen molar-refractivity contribution >= 4 is 27.5 Å². The van der Waals surface area contributed by atoms with E-state index in [4.69, 9.17) is 16.3 Å². The van der Waals surface area contributed by atoms with E-state index in [2.05, 4.69) is 10.0 Å². The number of rotatable bonds is 11. The van der Waals surface area contributed by atoms with Gasteiger partial charge in [-0.1, -0.05) is 36.6 Å². The lowest BCUT2D eigenvalue weighted by Crippen LogP contribution is -2.32. The SMILES string of the molecule is O=C(CCCOc1ccc(Cl)cc1)NCCc1ccc(S(=O)(=O)NC2CCCC2)cc1. The summed E-state index contributed by atoms with van der Waals surface area (Å²) in [6.07, 6.45) is 5.62. The molecule has 0 heterocycles. The monoisotopic (exact) mass is 464 g/mol. The summed E-state index contributed by atoms with van der Waals surface area (Å²) < 4.78 is 33.3. The number of hydrogen-bond acceptors (Lipinski definition) is 4. The number of carbonyl (C=O) groups excluding carboxylic acids is 1. The van der Waals surface area contributed by atoms with Gasteiger partial charge in [0.1, 0.15) is 5.75 Å². The van der Waals surface area contributed by atoms with Gasteiger partial charge in [0, 0.05) is 24.0 Å². The average Bonchev–Trinajstić information content (AvgIpc) is 3.25. The summed E-state index contributed by atoms with van der Waals surface area (Å²) in [5, 5.41) is 3.54. The molecule has 2 aromatic rings. The summed E-state index contributed by atoms with van der Waals surface area (Å²) in [6, 6.07) is 14.0. The molecule has 168 valence electrons. The van der Waals surface area contributed by atoms with Gasteiger partial charge in [-0.2, -0.15) is 0 Å². The van der Waals surface area contributed by atoms with Crippen LogP contribution in [-0.2, 0) is 21.2 Å². The first kappa shape index (κ1) is 23.6. The second-order valence-corrected chi connectivity index (χ2v) is 9.90. The van der Waals surface area contributed by atoms with Crippen LogP contribution in [0.3, 0.4) is 0 Å². The van der Waals surface area contributed by atoms with E-state index in [1.54, 1.807) is 48.5 Å². The lowest BCUT2D eigenvalue weighted by atomic mass is 10.1. The minimum Gasteiger partial charge on any atom is -0.494 e. The highest BCUT2D eigenvalue weighted by molar-refractivity contribution is 7.89. The van der Waals surface area contributed by atoms with Crippen molar-refractivity contribution in [2.45, 2.75) is 55.9 Å². The number of amides is 1. The molecule has 1 aliphatic rings. The zero-order valence-corrected chi connectivity index (χ0v) is 19.1. The van der Waals surface area contributed by atoms with Crippen molar-refractivity contribution in [2.24, 2.45) is 0 Å². The maximum Gasteiger partial charge on any atom is 0.240 e. The van der Waals surface area contributed by atoms with Crippen molar-refractivity contribution < 1.29 is 17.9 Å². The van der Waals surface area contributed by atoms with Crippen molar-refractivity contribution in [3.63, 3.8) is 0 Å². The first-order valence-electron chi connectivity index (χ1n) is 10.7. The molecule has 1 aliphatic carbocycles. The number of carbonyl (C=O) groups is 1. The molecule has 0 unspecified atom stereocenters. The molecule has 1 amide bonds. The number of benzene rings is 2. The Hall–Kier alpha value is -2.09. The number of halogens is 1. The summed E-state index contributed by atoms with van der Waals surface area (Å²) in [4.78, 5) is 12.3. The second kappa shape index (κ2) is 11.5. The molecule has 0 atom stereocenters. The molecular weight excluding hydrogens is 436 g/mol. The van der Waals surface area contributed by atoms with Crippen molar-refractivity contribution in [2.75, 3.05) is 13.2 Å². The van der Waals surface area contributed by atoms with Crippen LogP contribution in [0.25, 0.3) is 0 Å². The zero-order valence-electron chi connectivity index (χ0n) is 17.5. The zero-order chi connectivity index (χ0) is 22.1. The van der Waals surface area contributed by atoms with Gasteiger partial charge in [0.05, 0.1) is 11.5 Å². The molecule has 2 N–H and O–H groups in total. The van der Waals surface area contributed by atoms with Crippen LogP contribution in [0.15, 0.2) is 53.4 Å². The Labute approximate surface area is 189 Å². The van der Waals surface area contributed by atoms with Gasteiger partial charge in [0.15, 0.2) is 0 Å². The molecule has 0 saturated heterocycles. The van der Waals surface area contributed by atoms with Crippen LogP contribution >= 0.6 is 11.6 Å². The molecule has 0 aromatic heterocycles. The van der Waals surface area contributed by atoms with E-state index < -0.39 is 10.0 Å². The number of ether oxygens (including phenoxy) is 1. The van der Waals surface area contributed by atoms with Gasteiger partial charge in [-0.05, 0) is 67.6 Å². The summed E-state index contributed by atoms with van der Waals surface area (Å²) in [7, 11) is -3.47. The van der Waals surface area contributed by atoms with E-state index in [9.17, 15) is 13.2 Å². The van der Waals surface area contributed by atoms with Crippen LogP contribution in [-0.4, -0.2) is 33.5 Å². The standard InChI is InChI=1S/C23H29ClN2O4S/c24-19-9-11-21(12-10-19)30-17-3-6-23(27)25-16-15-18-7-13-22(14-8-18)31(28,29)26-20-4-1-2-5-20/h7-14,20,26H,1-6,15-17H2,(H,25,27). The van der Waals surface area contributed by atoms with Gasteiger partial charge >= 0.3 is 0 Å². The molecule has 6 nitrogen and oxygen atoms in total. The van der Waals surface area contributed by atoms with E-state index in [0.29, 0.717) is 37.4 Å². The smallest absolute Gasteiger partial charge is 0.240 e. The van der Waals surface area contributed by atoms with E-state index in [1.807, 2.05) is 0 Å². The van der Waals surface area contributed by atoms with E-state index >= 15 is 0 Å². The highest BCUT2D eigenvalue weighted by atomic mass is 35.5. The average molecular weight is 465 g/mol. The van der Waals surface area contributed by atoms with Crippen molar-refractivity contribution in [1.29, 1.82) is 0 Å². The third-order valence-corrected chi connectivity index (χ3v) is 7.07. The third-order valence-electron chi connectivity index (χ3n) is 5.28. The minimum atomic E-state index is -3.47. The molecule has 0 radical (unpaired) electrons. The molecular formula is C23H29ClN2O4S. The minimum absolute atomic E-state index is 0.0281. The van der Waals surface area contributed by atoms with Crippen LogP contribution in [0.1, 0.15) is 44.1 Å². The molecule has 0 bridgehead atoms. The first-order valence-corrected chi connectivity index (χ1v) is 12.5. The predicted molar refractivity (Wildman–Crippen MR) is 122 cm³/mol. The Morgan fingerprint density at radius 2 is 1.71 bits per heavy atom. The second-order valence-electron chi connectivity index (χ2n) is 7.75. The fourth-order valence-electron chi connectivity index (χ4n) is 3.55. The fraction of sp³-hybridized carbons (Fsp3) is 0.435. The molecule has 1 saturated carbocycles. The number of nitrogens with one attached hydrogen (secondary N) is 2. The maximum atomic E-state index is 12.4. The van der Waals surface area contributed by atoms with Gasteiger partial charge in [-0.15, -0.1) is 0 Å². The third kappa shape index (κ3) is 7.83. The van der Waals surface area contributed by atoms with Crippen LogP contribution in [0, 0.1) is 0 Å². The molecule has 1 fully saturated rings. The van der Waals surface area contributed by atoms with Gasteiger partial charge in [-0.3, -0.25) is 4.79 Å². The maximum absolute atomic E-state index is 12.4. The Morgan fingerprint density at radius 3 is 2.39 bits per heavy atom. The Balaban J connectivity index is 1.33. The molecule has 0 spiro atoms. The largest absolute Gasteiger partial charge is 0.494 e. The first-order chi connectivity index (χ1) is 14.9. The van der Waals surface area contributed by atoms with Gasteiger partial charge < -0.3 is 10.1 Å².